The molecule has 106 valence electrons. The Morgan fingerprint density at radius 2 is 1.77 bits per heavy atom. The van der Waals surface area contributed by atoms with Crippen molar-refractivity contribution in [2.45, 2.75) is 0 Å². The van der Waals surface area contributed by atoms with E-state index in [0.29, 0.717) is 11.5 Å². The van der Waals surface area contributed by atoms with Crippen LogP contribution in [-0.4, -0.2) is 24.9 Å². The average Bonchev–Trinajstić information content (AvgIpc) is 2.95. The summed E-state index contributed by atoms with van der Waals surface area (Å²) < 4.78 is 0. The average molecular weight is 288 g/mol. The van der Waals surface area contributed by atoms with Crippen LogP contribution in [-0.2, 0) is 0 Å². The van der Waals surface area contributed by atoms with Gasteiger partial charge in [-0.25, -0.2) is 9.97 Å². The van der Waals surface area contributed by atoms with Gasteiger partial charge in [-0.3, -0.25) is 9.97 Å². The van der Waals surface area contributed by atoms with Crippen molar-refractivity contribution >= 4 is 17.0 Å². The number of anilines is 1. The largest absolute Gasteiger partial charge is 0.384 e. The third-order valence-electron chi connectivity index (χ3n) is 3.42. The predicted molar refractivity (Wildman–Crippen MR) is 84.8 cm³/mol. The van der Waals surface area contributed by atoms with Crippen LogP contribution in [0.2, 0.25) is 0 Å². The summed E-state index contributed by atoms with van der Waals surface area (Å²) in [7, 11) is 0. The fourth-order valence-electron chi connectivity index (χ4n) is 2.49. The summed E-state index contributed by atoms with van der Waals surface area (Å²) in [5.41, 5.74) is 10.9. The molecule has 0 fully saturated rings. The minimum Gasteiger partial charge on any atom is -0.384 e. The number of H-pyrrole nitrogens is 1. The van der Waals surface area contributed by atoms with Crippen molar-refractivity contribution in [3.63, 3.8) is 0 Å². The molecule has 0 radical (unpaired) electrons. The first kappa shape index (κ1) is 12.5. The highest BCUT2D eigenvalue weighted by Crippen LogP contribution is 2.35. The number of fused-ring (bicyclic) bond motifs is 1. The van der Waals surface area contributed by atoms with Gasteiger partial charge in [-0.05, 0) is 24.3 Å². The van der Waals surface area contributed by atoms with Gasteiger partial charge in [0.2, 0.25) is 0 Å². The Labute approximate surface area is 126 Å². The lowest BCUT2D eigenvalue weighted by Gasteiger charge is -2.04. The fourth-order valence-corrected chi connectivity index (χ4v) is 2.49. The van der Waals surface area contributed by atoms with Gasteiger partial charge in [-0.15, -0.1) is 0 Å². The SMILES string of the molecule is Nc1cc(-c2[nH]c3nccnc3c2-c2ccccn2)ccn1. The van der Waals surface area contributed by atoms with Gasteiger partial charge in [0.15, 0.2) is 5.65 Å². The quantitative estimate of drug-likeness (QED) is 0.591. The van der Waals surface area contributed by atoms with Crippen molar-refractivity contribution in [3.05, 3.63) is 55.1 Å². The van der Waals surface area contributed by atoms with E-state index >= 15 is 0 Å². The van der Waals surface area contributed by atoms with Crippen LogP contribution in [0.3, 0.4) is 0 Å². The van der Waals surface area contributed by atoms with Gasteiger partial charge in [0.25, 0.3) is 0 Å². The molecule has 4 rings (SSSR count). The molecule has 6 nitrogen and oxygen atoms in total. The van der Waals surface area contributed by atoms with Crippen molar-refractivity contribution < 1.29 is 0 Å². The van der Waals surface area contributed by atoms with Crippen LogP contribution in [0.25, 0.3) is 33.7 Å². The summed E-state index contributed by atoms with van der Waals surface area (Å²) in [6.45, 7) is 0. The van der Waals surface area contributed by atoms with Gasteiger partial charge in [0.05, 0.1) is 17.0 Å². The van der Waals surface area contributed by atoms with Gasteiger partial charge in [-0.1, -0.05) is 6.07 Å². The van der Waals surface area contributed by atoms with Gasteiger partial charge in [-0.2, -0.15) is 0 Å². The smallest absolute Gasteiger partial charge is 0.157 e. The number of pyridine rings is 2. The number of nitrogens with one attached hydrogen (secondary N) is 1. The maximum absolute atomic E-state index is 5.81. The van der Waals surface area contributed by atoms with Gasteiger partial charge in [0, 0.05) is 30.4 Å². The predicted octanol–water partition coefficient (Wildman–Crippen LogP) is 2.66. The second-order valence-electron chi connectivity index (χ2n) is 4.81. The number of nitrogens with two attached hydrogens (primary N) is 1. The molecule has 4 heterocycles. The maximum Gasteiger partial charge on any atom is 0.157 e. The summed E-state index contributed by atoms with van der Waals surface area (Å²) in [6.07, 6.45) is 6.77. The van der Waals surface area contributed by atoms with E-state index in [9.17, 15) is 0 Å². The third kappa shape index (κ3) is 1.98. The molecule has 0 aromatic carbocycles. The van der Waals surface area contributed by atoms with E-state index in [2.05, 4.69) is 24.9 Å². The van der Waals surface area contributed by atoms with Gasteiger partial charge >= 0.3 is 0 Å². The molecule has 3 N–H and O–H groups in total. The number of aromatic nitrogens is 5. The molecular formula is C16H12N6. The second kappa shape index (κ2) is 4.92. The molecule has 0 aliphatic carbocycles. The molecule has 4 aromatic heterocycles. The van der Waals surface area contributed by atoms with Crippen LogP contribution in [0, 0.1) is 0 Å². The van der Waals surface area contributed by atoms with E-state index in [0.717, 1.165) is 28.0 Å². The first-order chi connectivity index (χ1) is 10.8. The lowest BCUT2D eigenvalue weighted by molar-refractivity contribution is 1.26. The van der Waals surface area contributed by atoms with Crippen molar-refractivity contribution in [2.24, 2.45) is 0 Å². The first-order valence-electron chi connectivity index (χ1n) is 6.79. The Kier molecular flexibility index (Phi) is 2.79. The molecule has 0 amide bonds. The summed E-state index contributed by atoms with van der Waals surface area (Å²) in [4.78, 5) is 20.6. The standard InChI is InChI=1S/C16H12N6/c17-12-9-10(4-6-19-12)14-13(11-3-1-2-5-18-11)15-16(22-14)21-8-7-20-15/h1-9H,(H2,17,19)(H,21,22). The van der Waals surface area contributed by atoms with E-state index in [1.165, 1.54) is 0 Å². The van der Waals surface area contributed by atoms with E-state index in [-0.39, 0.29) is 0 Å². The lowest BCUT2D eigenvalue weighted by Crippen LogP contribution is -1.91. The number of aromatic amines is 1. The highest BCUT2D eigenvalue weighted by molar-refractivity contribution is 5.99. The Balaban J connectivity index is 2.06. The monoisotopic (exact) mass is 288 g/mol. The molecule has 0 bridgehead atoms. The van der Waals surface area contributed by atoms with E-state index in [1.54, 1.807) is 24.8 Å². The zero-order chi connectivity index (χ0) is 14.9. The molecule has 0 saturated carbocycles. The van der Waals surface area contributed by atoms with Crippen LogP contribution in [0.4, 0.5) is 5.82 Å². The highest BCUT2D eigenvalue weighted by atomic mass is 14.9. The normalized spacial score (nSPS) is 10.9. The molecule has 0 aliphatic rings. The van der Waals surface area contributed by atoms with E-state index < -0.39 is 0 Å². The molecular weight excluding hydrogens is 276 g/mol. The number of nitrogens with zero attached hydrogens (tertiary/aromatic N) is 4. The van der Waals surface area contributed by atoms with Crippen LogP contribution in [0.5, 0.6) is 0 Å². The second-order valence-corrected chi connectivity index (χ2v) is 4.81. The fraction of sp³-hybridized carbons (Fsp3) is 0. The van der Waals surface area contributed by atoms with Crippen molar-refractivity contribution in [2.75, 3.05) is 5.73 Å². The Morgan fingerprint density at radius 3 is 2.59 bits per heavy atom. The number of nitrogen functional groups attached to an aromatic ring is 1. The molecule has 0 spiro atoms. The third-order valence-corrected chi connectivity index (χ3v) is 3.42. The number of hydrogen-bond donors (Lipinski definition) is 2. The maximum atomic E-state index is 5.81. The summed E-state index contributed by atoms with van der Waals surface area (Å²) in [6, 6.07) is 9.49. The Morgan fingerprint density at radius 1 is 0.864 bits per heavy atom. The summed E-state index contributed by atoms with van der Waals surface area (Å²) >= 11 is 0. The summed E-state index contributed by atoms with van der Waals surface area (Å²) in [5, 5.41) is 0. The molecule has 0 aliphatic heterocycles. The lowest BCUT2D eigenvalue weighted by atomic mass is 10.1. The number of hydrogen-bond acceptors (Lipinski definition) is 5. The minimum atomic E-state index is 0.462. The molecule has 22 heavy (non-hydrogen) atoms. The minimum absolute atomic E-state index is 0.462. The van der Waals surface area contributed by atoms with Gasteiger partial charge in [0.1, 0.15) is 11.3 Å². The zero-order valence-electron chi connectivity index (χ0n) is 11.6. The van der Waals surface area contributed by atoms with Crippen molar-refractivity contribution in [1.29, 1.82) is 0 Å². The van der Waals surface area contributed by atoms with E-state index in [1.807, 2.05) is 30.3 Å². The molecule has 0 atom stereocenters. The van der Waals surface area contributed by atoms with Gasteiger partial charge < -0.3 is 10.7 Å². The van der Waals surface area contributed by atoms with Crippen LogP contribution < -0.4 is 5.73 Å². The molecule has 6 heteroatoms. The zero-order valence-corrected chi connectivity index (χ0v) is 11.6. The van der Waals surface area contributed by atoms with E-state index in [4.69, 9.17) is 5.73 Å². The molecule has 0 saturated heterocycles. The summed E-state index contributed by atoms with van der Waals surface area (Å²) in [5.74, 6) is 0.462. The van der Waals surface area contributed by atoms with Crippen LogP contribution in [0.15, 0.2) is 55.1 Å². The first-order valence-corrected chi connectivity index (χ1v) is 6.79. The van der Waals surface area contributed by atoms with Crippen molar-refractivity contribution in [3.8, 4) is 22.5 Å². The molecule has 4 aromatic rings. The Hall–Kier alpha value is -3.28. The number of rotatable bonds is 2. The topological polar surface area (TPSA) is 93.4 Å². The highest BCUT2D eigenvalue weighted by Gasteiger charge is 2.17. The van der Waals surface area contributed by atoms with Crippen molar-refractivity contribution in [1.82, 2.24) is 24.9 Å². The molecule has 0 unspecified atom stereocenters. The Bertz CT molecular complexity index is 945. The van der Waals surface area contributed by atoms with Crippen LogP contribution in [0.1, 0.15) is 0 Å². The van der Waals surface area contributed by atoms with Crippen LogP contribution >= 0.6 is 0 Å².